The van der Waals surface area contributed by atoms with Crippen LogP contribution in [0.3, 0.4) is 0 Å². The lowest BCUT2D eigenvalue weighted by molar-refractivity contribution is 0.286. The van der Waals surface area contributed by atoms with Crippen LogP contribution in [0.4, 0.5) is 0 Å². The van der Waals surface area contributed by atoms with Crippen molar-refractivity contribution in [3.05, 3.63) is 29.3 Å². The summed E-state index contributed by atoms with van der Waals surface area (Å²) in [5, 5.41) is 0. The van der Waals surface area contributed by atoms with Crippen LogP contribution in [-0.4, -0.2) is 25.8 Å². The number of hydrogen-bond donors (Lipinski definition) is 1. The molecule has 0 aromatic heterocycles. The van der Waals surface area contributed by atoms with Crippen LogP contribution in [-0.2, 0) is 16.6 Å². The maximum Gasteiger partial charge on any atom is 0.243 e. The van der Waals surface area contributed by atoms with Crippen molar-refractivity contribution in [2.24, 2.45) is 5.73 Å². The van der Waals surface area contributed by atoms with E-state index in [0.29, 0.717) is 11.4 Å². The van der Waals surface area contributed by atoms with Gasteiger partial charge in [-0.1, -0.05) is 25.3 Å². The number of hydrogen-bond acceptors (Lipinski definition) is 3. The summed E-state index contributed by atoms with van der Waals surface area (Å²) in [6.45, 7) is 2.31. The first kappa shape index (κ1) is 15.5. The third-order valence-electron chi connectivity index (χ3n) is 4.31. The second-order valence-electron chi connectivity index (χ2n) is 5.61. The fourth-order valence-electron chi connectivity index (χ4n) is 2.84. The van der Waals surface area contributed by atoms with Gasteiger partial charge >= 0.3 is 0 Å². The van der Waals surface area contributed by atoms with Crippen LogP contribution >= 0.6 is 0 Å². The van der Waals surface area contributed by atoms with E-state index in [4.69, 9.17) is 5.73 Å². The van der Waals surface area contributed by atoms with Crippen LogP contribution in [0.1, 0.15) is 43.2 Å². The SMILES string of the molecule is Cc1ccc(S(=O)(=O)N(C)C2CCCCC2)cc1CN. The first-order valence-electron chi connectivity index (χ1n) is 7.24. The van der Waals surface area contributed by atoms with E-state index >= 15 is 0 Å². The Morgan fingerprint density at radius 1 is 1.25 bits per heavy atom. The molecule has 1 aliphatic carbocycles. The molecule has 0 amide bonds. The largest absolute Gasteiger partial charge is 0.326 e. The molecule has 0 unspecified atom stereocenters. The molecule has 1 aliphatic rings. The molecule has 20 heavy (non-hydrogen) atoms. The molecule has 1 aromatic rings. The summed E-state index contributed by atoms with van der Waals surface area (Å²) in [5.41, 5.74) is 7.60. The molecule has 2 rings (SSSR count). The summed E-state index contributed by atoms with van der Waals surface area (Å²) in [5.74, 6) is 0. The highest BCUT2D eigenvalue weighted by molar-refractivity contribution is 7.89. The van der Waals surface area contributed by atoms with Crippen LogP contribution in [0, 0.1) is 6.92 Å². The molecule has 0 spiro atoms. The van der Waals surface area contributed by atoms with Gasteiger partial charge in [-0.3, -0.25) is 0 Å². The van der Waals surface area contributed by atoms with Gasteiger partial charge in [0.05, 0.1) is 4.90 Å². The van der Waals surface area contributed by atoms with Gasteiger partial charge in [0.25, 0.3) is 0 Å². The quantitative estimate of drug-likeness (QED) is 0.928. The zero-order chi connectivity index (χ0) is 14.8. The topological polar surface area (TPSA) is 63.4 Å². The molecule has 112 valence electrons. The minimum atomic E-state index is -3.41. The van der Waals surface area contributed by atoms with Gasteiger partial charge in [-0.2, -0.15) is 4.31 Å². The van der Waals surface area contributed by atoms with E-state index in [-0.39, 0.29) is 6.04 Å². The van der Waals surface area contributed by atoms with Crippen molar-refractivity contribution >= 4 is 10.0 Å². The molecule has 0 aliphatic heterocycles. The molecular weight excluding hydrogens is 272 g/mol. The predicted molar refractivity (Wildman–Crippen MR) is 80.9 cm³/mol. The van der Waals surface area contributed by atoms with E-state index in [9.17, 15) is 8.42 Å². The van der Waals surface area contributed by atoms with Crippen molar-refractivity contribution in [2.75, 3.05) is 7.05 Å². The highest BCUT2D eigenvalue weighted by Crippen LogP contribution is 2.27. The van der Waals surface area contributed by atoms with Gasteiger partial charge < -0.3 is 5.73 Å². The average Bonchev–Trinajstić information content (AvgIpc) is 2.47. The standard InChI is InChI=1S/C15H24N2O2S/c1-12-8-9-15(10-13(12)11-16)20(18,19)17(2)14-6-4-3-5-7-14/h8-10,14H,3-7,11,16H2,1-2H3. The Morgan fingerprint density at radius 3 is 2.50 bits per heavy atom. The van der Waals surface area contributed by atoms with Gasteiger partial charge in [0.15, 0.2) is 0 Å². The van der Waals surface area contributed by atoms with Gasteiger partial charge in [-0.25, -0.2) is 8.42 Å². The fourth-order valence-corrected chi connectivity index (χ4v) is 4.30. The highest BCUT2D eigenvalue weighted by Gasteiger charge is 2.29. The molecule has 1 aromatic carbocycles. The molecule has 5 heteroatoms. The lowest BCUT2D eigenvalue weighted by Gasteiger charge is -2.30. The van der Waals surface area contributed by atoms with Crippen molar-refractivity contribution in [3.8, 4) is 0 Å². The van der Waals surface area contributed by atoms with E-state index < -0.39 is 10.0 Å². The normalized spacial score (nSPS) is 17.6. The summed E-state index contributed by atoms with van der Waals surface area (Å²) in [6, 6.07) is 5.37. The number of nitrogens with two attached hydrogens (primary N) is 1. The van der Waals surface area contributed by atoms with E-state index in [0.717, 1.165) is 36.8 Å². The first-order chi connectivity index (χ1) is 9.46. The van der Waals surface area contributed by atoms with Crippen LogP contribution in [0.5, 0.6) is 0 Å². The zero-order valence-corrected chi connectivity index (χ0v) is 13.1. The third-order valence-corrected chi connectivity index (χ3v) is 6.21. The number of aryl methyl sites for hydroxylation is 1. The Morgan fingerprint density at radius 2 is 1.90 bits per heavy atom. The summed E-state index contributed by atoms with van der Waals surface area (Å²) >= 11 is 0. The summed E-state index contributed by atoms with van der Waals surface area (Å²) in [7, 11) is -1.71. The van der Waals surface area contributed by atoms with Crippen molar-refractivity contribution in [1.82, 2.24) is 4.31 Å². The molecule has 0 saturated heterocycles. The van der Waals surface area contributed by atoms with Crippen molar-refractivity contribution in [3.63, 3.8) is 0 Å². The molecule has 0 radical (unpaired) electrons. The number of rotatable bonds is 4. The Labute approximate surface area is 122 Å². The van der Waals surface area contributed by atoms with Gasteiger partial charge in [-0.05, 0) is 43.0 Å². The van der Waals surface area contributed by atoms with Gasteiger partial charge in [0.2, 0.25) is 10.0 Å². The van der Waals surface area contributed by atoms with Crippen LogP contribution in [0.15, 0.2) is 23.1 Å². The van der Waals surface area contributed by atoms with Gasteiger partial charge in [-0.15, -0.1) is 0 Å². The molecule has 1 fully saturated rings. The number of sulfonamides is 1. The van der Waals surface area contributed by atoms with Gasteiger partial charge in [0, 0.05) is 19.6 Å². The van der Waals surface area contributed by atoms with E-state index in [2.05, 4.69) is 0 Å². The maximum atomic E-state index is 12.7. The second-order valence-corrected chi connectivity index (χ2v) is 7.60. The molecular formula is C15H24N2O2S. The lowest BCUT2D eigenvalue weighted by Crippen LogP contribution is -2.38. The van der Waals surface area contributed by atoms with Crippen molar-refractivity contribution < 1.29 is 8.42 Å². The minimum Gasteiger partial charge on any atom is -0.326 e. The Bertz CT molecular complexity index is 563. The zero-order valence-electron chi connectivity index (χ0n) is 12.3. The van der Waals surface area contributed by atoms with E-state index in [1.54, 1.807) is 23.5 Å². The highest BCUT2D eigenvalue weighted by atomic mass is 32.2. The van der Waals surface area contributed by atoms with Crippen molar-refractivity contribution in [1.29, 1.82) is 0 Å². The van der Waals surface area contributed by atoms with Gasteiger partial charge in [0.1, 0.15) is 0 Å². The number of nitrogens with zero attached hydrogens (tertiary/aromatic N) is 1. The molecule has 0 bridgehead atoms. The molecule has 4 nitrogen and oxygen atoms in total. The minimum absolute atomic E-state index is 0.136. The van der Waals surface area contributed by atoms with Crippen molar-refractivity contribution in [2.45, 2.75) is 56.5 Å². The molecule has 2 N–H and O–H groups in total. The summed E-state index contributed by atoms with van der Waals surface area (Å²) < 4.78 is 26.9. The molecule has 1 saturated carbocycles. The Balaban J connectivity index is 2.29. The summed E-state index contributed by atoms with van der Waals surface area (Å²) in [4.78, 5) is 0.358. The molecule has 0 heterocycles. The monoisotopic (exact) mass is 296 g/mol. The Kier molecular flexibility index (Phi) is 4.83. The second kappa shape index (κ2) is 6.24. The Hall–Kier alpha value is -0.910. The average molecular weight is 296 g/mol. The maximum absolute atomic E-state index is 12.7. The van der Waals surface area contributed by atoms with Crippen LogP contribution < -0.4 is 5.73 Å². The first-order valence-corrected chi connectivity index (χ1v) is 8.68. The smallest absolute Gasteiger partial charge is 0.243 e. The van der Waals surface area contributed by atoms with Crippen LogP contribution in [0.25, 0.3) is 0 Å². The van der Waals surface area contributed by atoms with E-state index in [1.165, 1.54) is 6.42 Å². The lowest BCUT2D eigenvalue weighted by atomic mass is 9.96. The summed E-state index contributed by atoms with van der Waals surface area (Å²) in [6.07, 6.45) is 5.38. The number of benzene rings is 1. The third kappa shape index (κ3) is 3.05. The predicted octanol–water partition coefficient (Wildman–Crippen LogP) is 2.41. The van der Waals surface area contributed by atoms with Crippen LogP contribution in [0.2, 0.25) is 0 Å². The fraction of sp³-hybridized carbons (Fsp3) is 0.600. The molecule has 0 atom stereocenters. The van der Waals surface area contributed by atoms with E-state index in [1.807, 2.05) is 13.0 Å².